The molecule has 33 heavy (non-hydrogen) atoms. The van der Waals surface area contributed by atoms with Gasteiger partial charge in [-0.3, -0.25) is 10.5 Å². The number of nitrogens with one attached hydrogen (secondary N) is 2. The second-order valence-corrected chi connectivity index (χ2v) is 8.81. The van der Waals surface area contributed by atoms with Crippen LogP contribution in [0.2, 0.25) is 0 Å². The maximum atomic E-state index is 6.17. The Morgan fingerprint density at radius 3 is 2.67 bits per heavy atom. The molecule has 2 aromatic heterocycles. The van der Waals surface area contributed by atoms with Gasteiger partial charge in [-0.1, -0.05) is 30.3 Å². The Labute approximate surface area is 194 Å². The van der Waals surface area contributed by atoms with Gasteiger partial charge in [-0.15, -0.1) is 0 Å². The van der Waals surface area contributed by atoms with Gasteiger partial charge in [-0.25, -0.2) is 4.98 Å². The molecule has 0 saturated carbocycles. The van der Waals surface area contributed by atoms with Gasteiger partial charge in [0, 0.05) is 31.8 Å². The van der Waals surface area contributed by atoms with Gasteiger partial charge in [0.1, 0.15) is 23.0 Å². The molecule has 0 amide bonds. The molecule has 8 heteroatoms. The highest BCUT2D eigenvalue weighted by atomic mass is 16.5. The Bertz CT molecular complexity index is 1060. The Hall–Kier alpha value is -3.39. The van der Waals surface area contributed by atoms with E-state index >= 15 is 0 Å². The average molecular weight is 447 g/mol. The van der Waals surface area contributed by atoms with Crippen molar-refractivity contribution in [2.75, 3.05) is 48.0 Å². The fourth-order valence-electron chi connectivity index (χ4n) is 4.90. The lowest BCUT2D eigenvalue weighted by atomic mass is 9.89. The van der Waals surface area contributed by atoms with E-state index in [-0.39, 0.29) is 6.04 Å². The molecule has 2 fully saturated rings. The molecule has 0 unspecified atom stereocenters. The molecule has 172 valence electrons. The highest BCUT2D eigenvalue weighted by Crippen LogP contribution is 2.36. The molecule has 0 radical (unpaired) electrons. The number of hydrogen-bond acceptors (Lipinski definition) is 6. The smallest absolute Gasteiger partial charge is 0.173 e. The van der Waals surface area contributed by atoms with Crippen LogP contribution in [0, 0.1) is 0 Å². The molecule has 1 atom stereocenters. The summed E-state index contributed by atoms with van der Waals surface area (Å²) in [5, 5.41) is 16.6. The molecule has 4 N–H and O–H groups in total. The van der Waals surface area contributed by atoms with Gasteiger partial charge < -0.3 is 19.9 Å². The maximum absolute atomic E-state index is 6.17. The van der Waals surface area contributed by atoms with Crippen LogP contribution in [0.15, 0.2) is 48.7 Å². The van der Waals surface area contributed by atoms with Gasteiger partial charge in [0.2, 0.25) is 0 Å². The molecular weight excluding hydrogens is 414 g/mol. The van der Waals surface area contributed by atoms with Gasteiger partial charge in [0.15, 0.2) is 6.21 Å². The van der Waals surface area contributed by atoms with Crippen LogP contribution in [0.5, 0.6) is 0 Å². The number of aromatic amines is 1. The molecule has 2 saturated heterocycles. The monoisotopic (exact) mass is 446 g/mol. The number of anilines is 4. The number of ether oxygens (including phenoxy) is 1. The summed E-state index contributed by atoms with van der Waals surface area (Å²) in [7, 11) is 0. The van der Waals surface area contributed by atoms with Crippen molar-refractivity contribution in [3.8, 4) is 0 Å². The molecule has 8 nitrogen and oxygen atoms in total. The molecule has 5 rings (SSSR count). The van der Waals surface area contributed by atoms with Crippen molar-refractivity contribution in [3.05, 3.63) is 59.8 Å². The van der Waals surface area contributed by atoms with E-state index in [9.17, 15) is 0 Å². The predicted octanol–water partition coefficient (Wildman–Crippen LogP) is 2.34. The summed E-state index contributed by atoms with van der Waals surface area (Å²) in [6.45, 7) is 6.36. The Morgan fingerprint density at radius 2 is 1.97 bits per heavy atom. The van der Waals surface area contributed by atoms with Crippen molar-refractivity contribution >= 4 is 29.4 Å². The zero-order chi connectivity index (χ0) is 22.6. The predicted molar refractivity (Wildman–Crippen MR) is 131 cm³/mol. The van der Waals surface area contributed by atoms with Crippen LogP contribution in [-0.4, -0.2) is 60.3 Å². The maximum Gasteiger partial charge on any atom is 0.173 e. The minimum atomic E-state index is 0.260. The number of pyridine rings is 1. The van der Waals surface area contributed by atoms with E-state index in [1.807, 2.05) is 6.07 Å². The second-order valence-electron chi connectivity index (χ2n) is 8.81. The lowest BCUT2D eigenvalue weighted by Crippen LogP contribution is -2.44. The van der Waals surface area contributed by atoms with Gasteiger partial charge in [0.25, 0.3) is 0 Å². The SMILES string of the molecule is C[C@@H]1COCCN1c1cc(N2CCC(c3ccccc3)CC2)c(C=[NH2+])c(Nc2ccn[nH]2)n1. The van der Waals surface area contributed by atoms with Crippen LogP contribution in [0.4, 0.5) is 23.1 Å². The second kappa shape index (κ2) is 9.62. The third-order valence-corrected chi connectivity index (χ3v) is 6.71. The van der Waals surface area contributed by atoms with Gasteiger partial charge >= 0.3 is 0 Å². The van der Waals surface area contributed by atoms with Crippen LogP contribution in [0.1, 0.15) is 36.8 Å². The summed E-state index contributed by atoms with van der Waals surface area (Å²) in [6, 6.07) is 15.2. The van der Waals surface area contributed by atoms with Crippen molar-refractivity contribution in [1.82, 2.24) is 15.2 Å². The molecule has 0 aliphatic carbocycles. The number of nitrogens with zero attached hydrogens (tertiary/aromatic N) is 4. The number of rotatable bonds is 6. The third-order valence-electron chi connectivity index (χ3n) is 6.71. The van der Waals surface area contributed by atoms with Crippen LogP contribution in [0.25, 0.3) is 0 Å². The standard InChI is InChI=1S/C25H31N7O/c1-18-17-33-14-13-32(18)24-15-22(21(16-26)25(29-24)28-23-7-10-27-30-23)31-11-8-20(9-12-31)19-5-3-2-4-6-19/h2-7,10,15-16,18,20,26H,8-9,11-14,17H2,1H3,(H2,27,28,29,30)/p+1/t18-/m1/s1. The highest BCUT2D eigenvalue weighted by molar-refractivity contribution is 5.93. The van der Waals surface area contributed by atoms with Crippen molar-refractivity contribution in [3.63, 3.8) is 0 Å². The summed E-state index contributed by atoms with van der Waals surface area (Å²) >= 11 is 0. The van der Waals surface area contributed by atoms with Crippen molar-refractivity contribution < 1.29 is 10.1 Å². The van der Waals surface area contributed by atoms with Crippen molar-refractivity contribution in [2.45, 2.75) is 31.7 Å². The van der Waals surface area contributed by atoms with Crippen molar-refractivity contribution in [1.29, 1.82) is 0 Å². The van der Waals surface area contributed by atoms with E-state index in [2.05, 4.69) is 68.6 Å². The van der Waals surface area contributed by atoms with E-state index in [1.165, 1.54) is 5.56 Å². The normalized spacial score (nSPS) is 19.5. The van der Waals surface area contributed by atoms with Gasteiger partial charge in [-0.2, -0.15) is 5.10 Å². The summed E-state index contributed by atoms with van der Waals surface area (Å²) in [5.74, 6) is 3.05. The highest BCUT2D eigenvalue weighted by Gasteiger charge is 2.27. The Balaban J connectivity index is 1.47. The summed E-state index contributed by atoms with van der Waals surface area (Å²) in [4.78, 5) is 9.76. The first kappa shape index (κ1) is 21.5. The minimum absolute atomic E-state index is 0.260. The van der Waals surface area contributed by atoms with Crippen molar-refractivity contribution in [2.24, 2.45) is 0 Å². The molecule has 1 aromatic carbocycles. The summed E-state index contributed by atoms with van der Waals surface area (Å²) < 4.78 is 5.66. The van der Waals surface area contributed by atoms with E-state index in [1.54, 1.807) is 12.4 Å². The van der Waals surface area contributed by atoms with Gasteiger partial charge in [-0.05, 0) is 31.2 Å². The number of nitrogens with two attached hydrogens (primary N) is 1. The fraction of sp³-hybridized carbons (Fsp3) is 0.400. The molecule has 4 heterocycles. The fourth-order valence-corrected chi connectivity index (χ4v) is 4.90. The van der Waals surface area contributed by atoms with Crippen LogP contribution < -0.4 is 20.5 Å². The molecule has 0 bridgehead atoms. The van der Waals surface area contributed by atoms with E-state index < -0.39 is 0 Å². The van der Waals surface area contributed by atoms with Crippen LogP contribution in [0.3, 0.4) is 0 Å². The molecule has 2 aliphatic rings. The number of H-pyrrole nitrogens is 1. The number of benzene rings is 1. The van der Waals surface area contributed by atoms with E-state index in [0.717, 1.165) is 61.2 Å². The average Bonchev–Trinajstić information content (AvgIpc) is 3.38. The van der Waals surface area contributed by atoms with Crippen LogP contribution >= 0.6 is 0 Å². The zero-order valence-corrected chi connectivity index (χ0v) is 19.1. The topological polar surface area (TPSA) is 94.9 Å². The lowest BCUT2D eigenvalue weighted by Gasteiger charge is -2.37. The molecule has 3 aromatic rings. The summed E-state index contributed by atoms with van der Waals surface area (Å²) in [6.07, 6.45) is 5.61. The Kier molecular flexibility index (Phi) is 6.26. The Morgan fingerprint density at radius 1 is 1.15 bits per heavy atom. The van der Waals surface area contributed by atoms with E-state index in [4.69, 9.17) is 15.1 Å². The number of aromatic nitrogens is 3. The number of hydrogen-bond donors (Lipinski definition) is 3. The number of piperidine rings is 1. The largest absolute Gasteiger partial charge is 0.377 e. The zero-order valence-electron chi connectivity index (χ0n) is 19.1. The summed E-state index contributed by atoms with van der Waals surface area (Å²) in [5.41, 5.74) is 3.46. The molecule has 2 aliphatic heterocycles. The first-order valence-corrected chi connectivity index (χ1v) is 11.7. The minimum Gasteiger partial charge on any atom is -0.377 e. The molecular formula is C25H32N7O+. The van der Waals surface area contributed by atoms with Gasteiger partial charge in [0.05, 0.1) is 31.1 Å². The number of morpholine rings is 1. The quantitative estimate of drug-likeness (QED) is 0.503. The van der Waals surface area contributed by atoms with Crippen LogP contribution in [-0.2, 0) is 4.74 Å². The van der Waals surface area contributed by atoms with E-state index in [0.29, 0.717) is 19.1 Å². The first-order chi connectivity index (χ1) is 16.2. The third kappa shape index (κ3) is 4.57. The lowest BCUT2D eigenvalue weighted by molar-refractivity contribution is -0.104. The first-order valence-electron chi connectivity index (χ1n) is 11.7. The molecule has 0 spiro atoms.